The number of nitrogens with zero attached hydrogens (tertiary/aromatic N) is 2. The van der Waals surface area contributed by atoms with Crippen molar-refractivity contribution in [2.75, 3.05) is 39.1 Å². The van der Waals surface area contributed by atoms with Gasteiger partial charge in [-0.2, -0.15) is 0 Å². The van der Waals surface area contributed by atoms with Gasteiger partial charge in [0.05, 0.1) is 0 Å². The van der Waals surface area contributed by atoms with Crippen LogP contribution in [0.4, 0.5) is 5.69 Å². The average molecular weight is 317 g/mol. The number of hydrogen-bond donors (Lipinski definition) is 0. The smallest absolute Gasteiger partial charge is 0.0406 e. The highest BCUT2D eigenvalue weighted by Crippen LogP contribution is 2.26. The molecule has 0 saturated carbocycles. The summed E-state index contributed by atoms with van der Waals surface area (Å²) in [5.41, 5.74) is 3.87. The first-order valence-electron chi connectivity index (χ1n) is 7.68. The zero-order chi connectivity index (χ0) is 16.1. The fraction of sp³-hybridized carbons (Fsp3) is 0.368. The van der Waals surface area contributed by atoms with Crippen LogP contribution >= 0.6 is 11.6 Å². The zero-order valence-corrected chi connectivity index (χ0v) is 14.6. The average Bonchev–Trinajstić information content (AvgIpc) is 2.53. The van der Waals surface area contributed by atoms with Crippen molar-refractivity contribution < 1.29 is 0 Å². The molecule has 118 valence electrons. The van der Waals surface area contributed by atoms with Crippen molar-refractivity contribution in [1.82, 2.24) is 4.90 Å². The van der Waals surface area contributed by atoms with Gasteiger partial charge in [-0.05, 0) is 49.5 Å². The summed E-state index contributed by atoms with van der Waals surface area (Å²) < 4.78 is 0. The fourth-order valence-electron chi connectivity index (χ4n) is 2.44. The Balaban J connectivity index is 2.06. The van der Waals surface area contributed by atoms with Crippen LogP contribution in [0.25, 0.3) is 0 Å². The van der Waals surface area contributed by atoms with Gasteiger partial charge < -0.3 is 9.80 Å². The summed E-state index contributed by atoms with van der Waals surface area (Å²) in [6, 6.07) is 17.0. The van der Waals surface area contributed by atoms with Crippen LogP contribution < -0.4 is 4.90 Å². The number of anilines is 1. The van der Waals surface area contributed by atoms with Crippen LogP contribution in [0, 0.1) is 0 Å². The first-order valence-corrected chi connectivity index (χ1v) is 8.06. The monoisotopic (exact) mass is 316 g/mol. The van der Waals surface area contributed by atoms with Gasteiger partial charge >= 0.3 is 0 Å². The van der Waals surface area contributed by atoms with E-state index in [1.807, 2.05) is 12.1 Å². The molecule has 0 amide bonds. The Kier molecular flexibility index (Phi) is 5.87. The molecule has 2 rings (SSSR count). The van der Waals surface area contributed by atoms with Gasteiger partial charge in [-0.3, -0.25) is 0 Å². The van der Waals surface area contributed by atoms with Gasteiger partial charge in [-0.1, -0.05) is 42.8 Å². The molecule has 1 atom stereocenters. The Labute approximate surface area is 139 Å². The van der Waals surface area contributed by atoms with Crippen LogP contribution in [-0.2, 0) is 0 Å². The van der Waals surface area contributed by atoms with E-state index in [0.29, 0.717) is 5.92 Å². The second-order valence-corrected chi connectivity index (χ2v) is 6.53. The third-order valence-corrected chi connectivity index (χ3v) is 4.34. The molecule has 3 heteroatoms. The van der Waals surface area contributed by atoms with E-state index in [9.17, 15) is 0 Å². The normalized spacial score (nSPS) is 12.5. The summed E-state index contributed by atoms with van der Waals surface area (Å²) in [6.07, 6.45) is 0. The molecular weight excluding hydrogens is 292 g/mol. The Morgan fingerprint density at radius 2 is 1.32 bits per heavy atom. The highest BCUT2D eigenvalue weighted by atomic mass is 35.5. The maximum absolute atomic E-state index is 5.96. The highest BCUT2D eigenvalue weighted by Gasteiger charge is 2.09. The van der Waals surface area contributed by atoms with Gasteiger partial charge in [0, 0.05) is 36.8 Å². The van der Waals surface area contributed by atoms with Gasteiger partial charge in [0.15, 0.2) is 0 Å². The molecule has 0 aromatic heterocycles. The molecule has 1 unspecified atom stereocenters. The molecule has 0 fully saturated rings. The molecule has 2 aromatic carbocycles. The third-order valence-electron chi connectivity index (χ3n) is 4.09. The Bertz CT molecular complexity index is 575. The summed E-state index contributed by atoms with van der Waals surface area (Å²) in [6.45, 7) is 4.31. The maximum Gasteiger partial charge on any atom is 0.0406 e. The number of rotatable bonds is 6. The van der Waals surface area contributed by atoms with Crippen LogP contribution in [-0.4, -0.2) is 39.1 Å². The number of halogens is 1. The van der Waals surface area contributed by atoms with E-state index in [-0.39, 0.29) is 0 Å². The van der Waals surface area contributed by atoms with Crippen molar-refractivity contribution in [2.45, 2.75) is 12.8 Å². The third kappa shape index (κ3) is 4.49. The molecule has 0 N–H and O–H groups in total. The van der Waals surface area contributed by atoms with Gasteiger partial charge in [0.1, 0.15) is 0 Å². The number of likely N-dealkylation sites (N-methyl/N-ethyl adjacent to an activating group) is 2. The van der Waals surface area contributed by atoms with Crippen molar-refractivity contribution in [3.63, 3.8) is 0 Å². The lowest BCUT2D eigenvalue weighted by Crippen LogP contribution is -2.28. The van der Waals surface area contributed by atoms with E-state index in [0.717, 1.165) is 18.1 Å². The molecule has 2 nitrogen and oxygen atoms in total. The summed E-state index contributed by atoms with van der Waals surface area (Å²) >= 11 is 5.96. The highest BCUT2D eigenvalue weighted by molar-refractivity contribution is 6.30. The van der Waals surface area contributed by atoms with E-state index in [4.69, 9.17) is 11.6 Å². The molecule has 0 aliphatic carbocycles. The van der Waals surface area contributed by atoms with Crippen LogP contribution in [0.5, 0.6) is 0 Å². The van der Waals surface area contributed by atoms with Crippen LogP contribution in [0.3, 0.4) is 0 Å². The predicted molar refractivity (Wildman–Crippen MR) is 97.2 cm³/mol. The molecule has 0 bridgehead atoms. The summed E-state index contributed by atoms with van der Waals surface area (Å²) in [5.74, 6) is 0.374. The lowest BCUT2D eigenvalue weighted by atomic mass is 9.93. The molecule has 0 heterocycles. The fourth-order valence-corrected chi connectivity index (χ4v) is 2.57. The van der Waals surface area contributed by atoms with Crippen LogP contribution in [0.2, 0.25) is 5.02 Å². The van der Waals surface area contributed by atoms with E-state index in [2.05, 4.69) is 74.3 Å². The first kappa shape index (κ1) is 16.9. The van der Waals surface area contributed by atoms with Crippen molar-refractivity contribution in [3.05, 3.63) is 64.7 Å². The van der Waals surface area contributed by atoms with E-state index < -0.39 is 0 Å². The van der Waals surface area contributed by atoms with Gasteiger partial charge in [0.2, 0.25) is 0 Å². The van der Waals surface area contributed by atoms with Crippen molar-refractivity contribution in [3.8, 4) is 0 Å². The summed E-state index contributed by atoms with van der Waals surface area (Å²) in [7, 11) is 6.34. The number of benzene rings is 2. The molecular formula is C19H25ClN2. The summed E-state index contributed by atoms with van der Waals surface area (Å²) in [4.78, 5) is 4.49. The second kappa shape index (κ2) is 7.66. The second-order valence-electron chi connectivity index (χ2n) is 6.09. The van der Waals surface area contributed by atoms with Gasteiger partial charge in [-0.15, -0.1) is 0 Å². The van der Waals surface area contributed by atoms with Gasteiger partial charge in [0.25, 0.3) is 0 Å². The SMILES string of the molecule is CC(c1ccc(Cl)cc1)c1ccc(N(C)CCN(C)C)cc1. The quantitative estimate of drug-likeness (QED) is 0.774. The Morgan fingerprint density at radius 3 is 1.82 bits per heavy atom. The first-order chi connectivity index (χ1) is 10.5. The van der Waals surface area contributed by atoms with Crippen LogP contribution in [0.15, 0.2) is 48.5 Å². The predicted octanol–water partition coefficient (Wildman–Crippen LogP) is 4.49. The van der Waals surface area contributed by atoms with Gasteiger partial charge in [-0.25, -0.2) is 0 Å². The topological polar surface area (TPSA) is 6.48 Å². The molecule has 0 saturated heterocycles. The summed E-state index contributed by atoms with van der Waals surface area (Å²) in [5, 5.41) is 0.786. The molecule has 22 heavy (non-hydrogen) atoms. The largest absolute Gasteiger partial charge is 0.373 e. The molecule has 2 aromatic rings. The van der Waals surface area contributed by atoms with E-state index in [1.54, 1.807) is 0 Å². The number of hydrogen-bond acceptors (Lipinski definition) is 2. The van der Waals surface area contributed by atoms with E-state index in [1.165, 1.54) is 16.8 Å². The molecule has 0 spiro atoms. The standard InChI is InChI=1S/C19H25ClN2/c1-15(16-5-9-18(20)10-6-16)17-7-11-19(12-8-17)22(4)14-13-21(2)3/h5-12,15H,13-14H2,1-4H3. The minimum absolute atomic E-state index is 0.374. The zero-order valence-electron chi connectivity index (χ0n) is 13.9. The van der Waals surface area contributed by atoms with Crippen molar-refractivity contribution >= 4 is 17.3 Å². The maximum atomic E-state index is 5.96. The van der Waals surface area contributed by atoms with Crippen molar-refractivity contribution in [1.29, 1.82) is 0 Å². The minimum atomic E-state index is 0.374. The molecule has 0 radical (unpaired) electrons. The molecule has 0 aliphatic rings. The minimum Gasteiger partial charge on any atom is -0.373 e. The van der Waals surface area contributed by atoms with Crippen LogP contribution in [0.1, 0.15) is 24.0 Å². The van der Waals surface area contributed by atoms with Crippen molar-refractivity contribution in [2.24, 2.45) is 0 Å². The Morgan fingerprint density at radius 1 is 0.818 bits per heavy atom. The Hall–Kier alpha value is -1.51. The lowest BCUT2D eigenvalue weighted by Gasteiger charge is -2.22. The lowest BCUT2D eigenvalue weighted by molar-refractivity contribution is 0.416. The van der Waals surface area contributed by atoms with E-state index >= 15 is 0 Å². The molecule has 0 aliphatic heterocycles.